The van der Waals surface area contributed by atoms with Gasteiger partial charge in [-0.15, -0.1) is 5.10 Å². The van der Waals surface area contributed by atoms with Crippen LogP contribution in [0.4, 0.5) is 5.69 Å². The van der Waals surface area contributed by atoms with Crippen LogP contribution in [0.1, 0.15) is 24.9 Å². The topological polar surface area (TPSA) is 71.5 Å². The van der Waals surface area contributed by atoms with E-state index in [-0.39, 0.29) is 22.7 Å². The monoisotopic (exact) mass is 440 g/mol. The quantitative estimate of drug-likeness (QED) is 0.597. The van der Waals surface area contributed by atoms with Crippen LogP contribution < -0.4 is 20.8 Å². The Morgan fingerprint density at radius 2 is 1.61 bits per heavy atom. The first kappa shape index (κ1) is 18.0. The van der Waals surface area contributed by atoms with Crippen molar-refractivity contribution in [1.82, 2.24) is 9.78 Å². The highest BCUT2D eigenvalue weighted by atomic mass is 28.4. The molecule has 0 unspecified atom stereocenters. The number of ether oxygens (including phenoxy) is 2. The van der Waals surface area contributed by atoms with Gasteiger partial charge in [-0.25, -0.2) is 0 Å². The van der Waals surface area contributed by atoms with E-state index in [1.54, 1.807) is 0 Å². The fraction of sp³-hybridized carbons (Fsp3) is 0.375. The summed E-state index contributed by atoms with van der Waals surface area (Å²) < 4.78 is 42.5. The Morgan fingerprint density at radius 1 is 1.03 bits per heavy atom. The molecule has 1 aliphatic heterocycles. The molecule has 2 N–H and O–H groups in total. The second-order valence-electron chi connectivity index (χ2n) is 8.85. The maximum atomic E-state index is 7.56. The van der Waals surface area contributed by atoms with Gasteiger partial charge in [-0.3, -0.25) is 4.68 Å². The largest absolute Gasteiger partial charge is 0.467 e. The molecule has 2 atom stereocenters. The van der Waals surface area contributed by atoms with Crippen LogP contribution in [0.15, 0.2) is 66.9 Å². The number of benzene rings is 2. The van der Waals surface area contributed by atoms with E-state index in [0.29, 0.717) is 13.2 Å². The van der Waals surface area contributed by atoms with E-state index in [2.05, 4.69) is 50.1 Å². The first-order valence-electron chi connectivity index (χ1n) is 11.9. The molecule has 0 amide bonds. The second kappa shape index (κ2) is 8.49. The molecular weight excluding hydrogens is 406 g/mol. The molecule has 6 nitrogen and oxygen atoms in total. The van der Waals surface area contributed by atoms with Gasteiger partial charge in [0.1, 0.15) is 11.8 Å². The van der Waals surface area contributed by atoms with Gasteiger partial charge in [-0.2, -0.15) is 0 Å². The predicted molar refractivity (Wildman–Crippen MR) is 125 cm³/mol. The predicted octanol–water partition coefficient (Wildman–Crippen LogP) is 2.73. The Labute approximate surface area is 189 Å². The minimum absolute atomic E-state index is 0.0719. The van der Waals surface area contributed by atoms with Crippen LogP contribution in [0, 0.1) is 0 Å². The summed E-state index contributed by atoms with van der Waals surface area (Å²) in [5.74, 6) is 0.0719. The maximum Gasteiger partial charge on any atom is 0.261 e. The molecule has 4 rings (SSSR count). The lowest BCUT2D eigenvalue weighted by molar-refractivity contribution is 0.0808. The SMILES string of the molecule is [2H]C([2H])([2H])n1cc(N)c(O[C@@H]2COC[C@H]2O[Si](c2ccccc2)(c2ccccc2)C(C)(C)C)n1. The molecule has 2 aromatic carbocycles. The Kier molecular flexibility index (Phi) is 4.93. The van der Waals surface area contributed by atoms with Crippen LogP contribution in [-0.4, -0.2) is 43.5 Å². The lowest BCUT2D eigenvalue weighted by Gasteiger charge is -2.45. The molecule has 1 fully saturated rings. The van der Waals surface area contributed by atoms with Gasteiger partial charge in [0, 0.05) is 11.1 Å². The molecule has 1 aromatic heterocycles. The van der Waals surface area contributed by atoms with Gasteiger partial charge in [0.25, 0.3) is 14.2 Å². The lowest BCUT2D eigenvalue weighted by atomic mass is 10.2. The van der Waals surface area contributed by atoms with Gasteiger partial charge < -0.3 is 19.6 Å². The Balaban J connectivity index is 1.71. The van der Waals surface area contributed by atoms with Crippen molar-refractivity contribution in [3.63, 3.8) is 0 Å². The van der Waals surface area contributed by atoms with Crippen molar-refractivity contribution in [3.05, 3.63) is 66.9 Å². The summed E-state index contributed by atoms with van der Waals surface area (Å²) in [5, 5.41) is 6.16. The molecule has 1 saturated heterocycles. The minimum Gasteiger partial charge on any atom is -0.467 e. The molecule has 7 heteroatoms. The minimum atomic E-state index is -2.82. The van der Waals surface area contributed by atoms with Gasteiger partial charge >= 0.3 is 0 Å². The fourth-order valence-electron chi connectivity index (χ4n) is 4.26. The number of hydrogen-bond acceptors (Lipinski definition) is 5. The first-order chi connectivity index (χ1) is 16.0. The average molecular weight is 441 g/mol. The van der Waals surface area contributed by atoms with Gasteiger partial charge in [0.2, 0.25) is 0 Å². The standard InChI is InChI=1S/C24H31N3O3Si/c1-24(2,3)31(18-11-7-5-8-12-18,19-13-9-6-10-14-19)30-22-17-28-16-21(22)29-23-20(25)15-27(4)26-23/h5-15,21-22H,16-17,25H2,1-4H3/t21-,22-/m1/s1/i4D3. The summed E-state index contributed by atoms with van der Waals surface area (Å²) in [6.07, 6.45) is 0.392. The number of rotatable bonds is 6. The van der Waals surface area contributed by atoms with Crippen LogP contribution >= 0.6 is 0 Å². The highest BCUT2D eigenvalue weighted by Crippen LogP contribution is 2.38. The van der Waals surface area contributed by atoms with Crippen molar-refractivity contribution in [2.45, 2.75) is 38.0 Å². The number of anilines is 1. The number of nitrogens with two attached hydrogens (primary N) is 1. The molecule has 0 aliphatic carbocycles. The van der Waals surface area contributed by atoms with E-state index in [1.807, 2.05) is 36.4 Å². The number of hydrogen-bond donors (Lipinski definition) is 1. The van der Waals surface area contributed by atoms with E-state index in [9.17, 15) is 0 Å². The summed E-state index contributed by atoms with van der Waals surface area (Å²) in [4.78, 5) is 0. The van der Waals surface area contributed by atoms with E-state index in [1.165, 1.54) is 6.20 Å². The first-order valence-corrected chi connectivity index (χ1v) is 12.3. The van der Waals surface area contributed by atoms with Gasteiger partial charge in [-0.05, 0) is 15.4 Å². The third-order valence-corrected chi connectivity index (χ3v) is 10.8. The van der Waals surface area contributed by atoms with Crippen molar-refractivity contribution < 1.29 is 18.0 Å². The normalized spacial score (nSPS) is 21.3. The Hall–Kier alpha value is -2.61. The lowest BCUT2D eigenvalue weighted by Crippen LogP contribution is -2.68. The van der Waals surface area contributed by atoms with Crippen molar-refractivity contribution in [2.75, 3.05) is 18.9 Å². The van der Waals surface area contributed by atoms with Crippen molar-refractivity contribution >= 4 is 24.4 Å². The molecule has 0 radical (unpaired) electrons. The zero-order valence-corrected chi connectivity index (χ0v) is 19.1. The summed E-state index contributed by atoms with van der Waals surface area (Å²) in [5.41, 5.74) is 6.17. The molecule has 31 heavy (non-hydrogen) atoms. The summed E-state index contributed by atoms with van der Waals surface area (Å²) in [6.45, 7) is 4.84. The molecular formula is C24H31N3O3Si. The van der Waals surface area contributed by atoms with Crippen LogP contribution in [0.25, 0.3) is 0 Å². The van der Waals surface area contributed by atoms with E-state index in [4.69, 9.17) is 23.7 Å². The van der Waals surface area contributed by atoms with Gasteiger partial charge in [-0.1, -0.05) is 81.4 Å². The van der Waals surface area contributed by atoms with Gasteiger partial charge in [0.05, 0.1) is 19.4 Å². The van der Waals surface area contributed by atoms with Crippen LogP contribution in [0.5, 0.6) is 5.88 Å². The molecule has 0 bridgehead atoms. The Morgan fingerprint density at radius 3 is 2.13 bits per heavy atom. The molecule has 0 saturated carbocycles. The second-order valence-corrected chi connectivity index (χ2v) is 13.1. The fourth-order valence-corrected chi connectivity index (χ4v) is 8.95. The van der Waals surface area contributed by atoms with Gasteiger partial charge in [0.15, 0.2) is 6.10 Å². The number of nitrogen functional groups attached to an aromatic ring is 1. The number of aromatic nitrogens is 2. The molecule has 1 aliphatic rings. The summed E-state index contributed by atoms with van der Waals surface area (Å²) in [7, 11) is -2.82. The molecule has 3 aromatic rings. The maximum absolute atomic E-state index is 7.56. The highest BCUT2D eigenvalue weighted by Gasteiger charge is 2.53. The smallest absolute Gasteiger partial charge is 0.261 e. The number of nitrogens with zero attached hydrogens (tertiary/aromatic N) is 2. The van der Waals surface area contributed by atoms with Crippen molar-refractivity contribution in [3.8, 4) is 5.88 Å². The Bertz CT molecular complexity index is 1060. The van der Waals surface area contributed by atoms with Crippen LogP contribution in [0.2, 0.25) is 5.04 Å². The van der Waals surface area contributed by atoms with Crippen molar-refractivity contribution in [2.24, 2.45) is 6.98 Å². The highest BCUT2D eigenvalue weighted by molar-refractivity contribution is 6.99. The number of aryl methyl sites for hydroxylation is 1. The molecule has 0 spiro atoms. The molecule has 164 valence electrons. The van der Waals surface area contributed by atoms with Crippen LogP contribution in [-0.2, 0) is 16.1 Å². The third kappa shape index (κ3) is 4.13. The van der Waals surface area contributed by atoms with Crippen molar-refractivity contribution in [1.29, 1.82) is 0 Å². The average Bonchev–Trinajstić information content (AvgIpc) is 3.38. The zero-order chi connectivity index (χ0) is 24.6. The summed E-state index contributed by atoms with van der Waals surface area (Å²) >= 11 is 0. The van der Waals surface area contributed by atoms with E-state index in [0.717, 1.165) is 15.1 Å². The summed E-state index contributed by atoms with van der Waals surface area (Å²) in [6, 6.07) is 20.7. The van der Waals surface area contributed by atoms with E-state index >= 15 is 0 Å². The van der Waals surface area contributed by atoms with Crippen LogP contribution in [0.3, 0.4) is 0 Å². The van der Waals surface area contributed by atoms with E-state index < -0.39 is 21.4 Å². The third-order valence-electron chi connectivity index (χ3n) is 5.69. The zero-order valence-electron chi connectivity index (χ0n) is 21.1. The molecule has 2 heterocycles.